The number of aromatic nitrogens is 1. The van der Waals surface area contributed by atoms with Gasteiger partial charge in [-0.3, -0.25) is 4.99 Å². The van der Waals surface area contributed by atoms with Gasteiger partial charge in [0, 0.05) is 35.2 Å². The number of anilines is 3. The van der Waals surface area contributed by atoms with Crippen molar-refractivity contribution < 1.29 is 9.90 Å². The lowest BCUT2D eigenvalue weighted by Gasteiger charge is -2.28. The van der Waals surface area contributed by atoms with Gasteiger partial charge < -0.3 is 14.6 Å². The lowest BCUT2D eigenvalue weighted by Crippen LogP contribution is -2.28. The molecule has 3 aromatic carbocycles. The molecule has 6 nitrogen and oxygen atoms in total. The Bertz CT molecular complexity index is 1550. The zero-order chi connectivity index (χ0) is 26.2. The van der Waals surface area contributed by atoms with Crippen LogP contribution in [-0.4, -0.2) is 21.4 Å². The molecule has 0 saturated heterocycles. The molecule has 1 aliphatic rings. The predicted octanol–water partition coefficient (Wildman–Crippen LogP) is 6.90. The van der Waals surface area contributed by atoms with Crippen LogP contribution in [0, 0.1) is 11.3 Å². The zero-order valence-corrected chi connectivity index (χ0v) is 20.9. The fourth-order valence-electron chi connectivity index (χ4n) is 4.83. The number of carbonyl (C=O) groups is 1. The lowest BCUT2D eigenvalue weighted by molar-refractivity contribution is -0.132. The van der Waals surface area contributed by atoms with Gasteiger partial charge in [-0.05, 0) is 80.1 Å². The number of hydrogen-bond donors (Lipinski definition) is 1. The van der Waals surface area contributed by atoms with Crippen molar-refractivity contribution in [1.29, 1.82) is 5.26 Å². The summed E-state index contributed by atoms with van der Waals surface area (Å²) in [6.07, 6.45) is 1.39. The van der Waals surface area contributed by atoms with Gasteiger partial charge in [-0.15, -0.1) is 0 Å². The normalized spacial score (nSPS) is 14.0. The van der Waals surface area contributed by atoms with Crippen LogP contribution in [0.15, 0.2) is 102 Å². The van der Waals surface area contributed by atoms with Crippen molar-refractivity contribution >= 4 is 40.5 Å². The first-order valence-corrected chi connectivity index (χ1v) is 12.0. The molecule has 4 aromatic rings. The molecule has 5 rings (SSSR count). The summed E-state index contributed by atoms with van der Waals surface area (Å²) in [6.45, 7) is 4.30. The summed E-state index contributed by atoms with van der Waals surface area (Å²) in [5, 5.41) is 18.4. The van der Waals surface area contributed by atoms with E-state index in [1.807, 2.05) is 60.1 Å². The summed E-state index contributed by atoms with van der Waals surface area (Å²) in [5.41, 5.74) is 6.87. The number of hydrogen-bond acceptors (Lipinski definition) is 4. The Kier molecular flexibility index (Phi) is 5.98. The van der Waals surface area contributed by atoms with E-state index in [1.54, 1.807) is 6.07 Å². The highest BCUT2D eigenvalue weighted by Crippen LogP contribution is 2.45. The summed E-state index contributed by atoms with van der Waals surface area (Å²) in [5.74, 6) is -1.25. The number of benzene rings is 3. The van der Waals surface area contributed by atoms with Crippen molar-refractivity contribution in [3.8, 4) is 6.07 Å². The van der Waals surface area contributed by atoms with Crippen molar-refractivity contribution in [3.63, 3.8) is 0 Å². The molecule has 1 aliphatic heterocycles. The minimum atomic E-state index is -1.25. The molecule has 0 fully saturated rings. The summed E-state index contributed by atoms with van der Waals surface area (Å²) >= 11 is 0. The van der Waals surface area contributed by atoms with E-state index in [1.165, 1.54) is 6.08 Å². The molecule has 0 amide bonds. The maximum atomic E-state index is 11.3. The van der Waals surface area contributed by atoms with Crippen molar-refractivity contribution in [2.45, 2.75) is 19.3 Å². The number of fused-ring (bicyclic) bond motifs is 1. The Morgan fingerprint density at radius 3 is 2.14 bits per heavy atom. The average molecular weight is 487 g/mol. The third kappa shape index (κ3) is 4.21. The highest BCUT2D eigenvalue weighted by Gasteiger charge is 2.37. The molecule has 0 bridgehead atoms. The van der Waals surface area contributed by atoms with Gasteiger partial charge in [0.2, 0.25) is 0 Å². The van der Waals surface area contributed by atoms with E-state index in [-0.39, 0.29) is 5.57 Å². The molecule has 0 unspecified atom stereocenters. The quantitative estimate of drug-likeness (QED) is 0.237. The van der Waals surface area contributed by atoms with Crippen molar-refractivity contribution in [1.82, 2.24) is 4.57 Å². The summed E-state index contributed by atoms with van der Waals surface area (Å²) in [4.78, 5) is 18.6. The molecular formula is C31H26N4O2. The first kappa shape index (κ1) is 23.8. The number of para-hydroxylation sites is 2. The SMILES string of the molecule is Cn1c(/C=C(/C#N)C(=O)O)ccc1C1=Nc2ccc(N(c3ccccc3)c3ccccc3)cc2C1(C)C. The standard InChI is InChI=1S/C31H26N4O2/c1-31(2)26-19-25(35(22-10-6-4-7-11-22)23-12-8-5-9-13-23)14-16-27(26)33-29(31)28-17-15-24(34(28)3)18-21(20-32)30(36)37/h4-19H,1-3H3,(H,36,37)/b21-18-. The molecule has 37 heavy (non-hydrogen) atoms. The van der Waals surface area contributed by atoms with Gasteiger partial charge in [0.25, 0.3) is 0 Å². The van der Waals surface area contributed by atoms with Crippen LogP contribution in [0.2, 0.25) is 0 Å². The van der Waals surface area contributed by atoms with Crippen LogP contribution in [0.5, 0.6) is 0 Å². The van der Waals surface area contributed by atoms with E-state index in [2.05, 4.69) is 61.2 Å². The molecule has 6 heteroatoms. The number of rotatable bonds is 6. The molecule has 0 radical (unpaired) electrons. The van der Waals surface area contributed by atoms with Crippen LogP contribution < -0.4 is 4.90 Å². The minimum absolute atomic E-state index is 0.310. The second kappa shape index (κ2) is 9.29. The molecule has 182 valence electrons. The van der Waals surface area contributed by atoms with Gasteiger partial charge in [-0.25, -0.2) is 4.79 Å². The molecule has 2 heterocycles. The van der Waals surface area contributed by atoms with Crippen LogP contribution in [0.1, 0.15) is 30.8 Å². The molecule has 0 aliphatic carbocycles. The van der Waals surface area contributed by atoms with Gasteiger partial charge >= 0.3 is 5.97 Å². The van der Waals surface area contributed by atoms with E-state index in [4.69, 9.17) is 10.3 Å². The molecular weight excluding hydrogens is 460 g/mol. The Morgan fingerprint density at radius 2 is 1.57 bits per heavy atom. The van der Waals surface area contributed by atoms with Gasteiger partial charge in [-0.1, -0.05) is 36.4 Å². The van der Waals surface area contributed by atoms with Crippen molar-refractivity contribution in [3.05, 3.63) is 114 Å². The minimum Gasteiger partial charge on any atom is -0.477 e. The van der Waals surface area contributed by atoms with Crippen LogP contribution >= 0.6 is 0 Å². The third-order valence-electron chi connectivity index (χ3n) is 6.81. The summed E-state index contributed by atoms with van der Waals surface area (Å²) in [6, 6.07) is 32.4. The first-order valence-electron chi connectivity index (χ1n) is 12.0. The number of nitriles is 1. The van der Waals surface area contributed by atoms with Crippen LogP contribution in [-0.2, 0) is 17.3 Å². The maximum Gasteiger partial charge on any atom is 0.346 e. The van der Waals surface area contributed by atoms with E-state index in [0.717, 1.165) is 39.7 Å². The number of nitrogens with zero attached hydrogens (tertiary/aromatic N) is 4. The van der Waals surface area contributed by atoms with E-state index < -0.39 is 11.4 Å². The molecule has 0 spiro atoms. The van der Waals surface area contributed by atoms with Crippen molar-refractivity contribution in [2.24, 2.45) is 12.0 Å². The van der Waals surface area contributed by atoms with Crippen LogP contribution in [0.25, 0.3) is 6.08 Å². The number of carboxylic acid groups (broad SMARTS) is 1. The van der Waals surface area contributed by atoms with Crippen LogP contribution in [0.3, 0.4) is 0 Å². The van der Waals surface area contributed by atoms with Gasteiger partial charge in [0.1, 0.15) is 11.6 Å². The van der Waals surface area contributed by atoms with Gasteiger partial charge in [0.05, 0.1) is 17.1 Å². The highest BCUT2D eigenvalue weighted by atomic mass is 16.4. The number of carboxylic acids is 1. The topological polar surface area (TPSA) is 81.6 Å². The Balaban J connectivity index is 1.56. The molecule has 0 atom stereocenters. The van der Waals surface area contributed by atoms with E-state index in [9.17, 15) is 9.90 Å². The second-order valence-corrected chi connectivity index (χ2v) is 9.47. The zero-order valence-electron chi connectivity index (χ0n) is 20.9. The fraction of sp³-hybridized carbons (Fsp3) is 0.129. The number of aliphatic carboxylic acids is 1. The first-order chi connectivity index (χ1) is 17.8. The Labute approximate surface area is 216 Å². The molecule has 0 saturated carbocycles. The second-order valence-electron chi connectivity index (χ2n) is 9.47. The lowest BCUT2D eigenvalue weighted by atomic mass is 9.80. The largest absolute Gasteiger partial charge is 0.477 e. The summed E-state index contributed by atoms with van der Waals surface area (Å²) < 4.78 is 1.88. The Hall–Kier alpha value is -4.89. The van der Waals surface area contributed by atoms with Crippen molar-refractivity contribution in [2.75, 3.05) is 4.90 Å². The van der Waals surface area contributed by atoms with E-state index >= 15 is 0 Å². The smallest absolute Gasteiger partial charge is 0.346 e. The maximum absolute atomic E-state index is 11.3. The number of aliphatic imine (C=N–C) groups is 1. The predicted molar refractivity (Wildman–Crippen MR) is 147 cm³/mol. The molecule has 1 aromatic heterocycles. The monoisotopic (exact) mass is 486 g/mol. The van der Waals surface area contributed by atoms with Gasteiger partial charge in [-0.2, -0.15) is 5.26 Å². The third-order valence-corrected chi connectivity index (χ3v) is 6.81. The highest BCUT2D eigenvalue weighted by molar-refractivity contribution is 6.12. The average Bonchev–Trinajstić information content (AvgIpc) is 3.39. The Morgan fingerprint density at radius 1 is 0.946 bits per heavy atom. The van der Waals surface area contributed by atoms with E-state index in [0.29, 0.717) is 5.69 Å². The van der Waals surface area contributed by atoms with Gasteiger partial charge in [0.15, 0.2) is 0 Å². The fourth-order valence-corrected chi connectivity index (χ4v) is 4.83. The summed E-state index contributed by atoms with van der Waals surface area (Å²) in [7, 11) is 1.86. The van der Waals surface area contributed by atoms with Crippen LogP contribution in [0.4, 0.5) is 22.7 Å². The molecule has 1 N–H and O–H groups in total.